The number of carbonyl (C=O) groups is 1. The van der Waals surface area contributed by atoms with E-state index >= 15 is 0 Å². The van der Waals surface area contributed by atoms with Crippen LogP contribution in [0.15, 0.2) is 0 Å². The minimum absolute atomic E-state index is 0.0896. The fourth-order valence-electron chi connectivity index (χ4n) is 2.10. The zero-order chi connectivity index (χ0) is 16.4. The van der Waals surface area contributed by atoms with E-state index in [0.717, 1.165) is 6.42 Å². The Balaban J connectivity index is 2.91. The van der Waals surface area contributed by atoms with Crippen molar-refractivity contribution >= 4 is 17.5 Å². The van der Waals surface area contributed by atoms with Gasteiger partial charge < -0.3 is 10.4 Å². The summed E-state index contributed by atoms with van der Waals surface area (Å²) in [5.41, 5.74) is 0.120. The fourth-order valence-corrected chi connectivity index (χ4v) is 2.32. The largest absolute Gasteiger partial charge is 0.388 e. The molecule has 0 aromatic carbocycles. The van der Waals surface area contributed by atoms with Gasteiger partial charge in [-0.15, -0.1) is 0 Å². The average molecular weight is 316 g/mol. The summed E-state index contributed by atoms with van der Waals surface area (Å²) in [6.07, 6.45) is 0.841. The van der Waals surface area contributed by atoms with Gasteiger partial charge in [-0.25, -0.2) is 0 Å². The maximum absolute atomic E-state index is 12.4. The van der Waals surface area contributed by atoms with Crippen LogP contribution in [0.4, 0.5) is 0 Å². The van der Waals surface area contributed by atoms with Gasteiger partial charge in [0.2, 0.25) is 0 Å². The molecule has 0 aliphatic heterocycles. The van der Waals surface area contributed by atoms with Crippen molar-refractivity contribution in [3.63, 3.8) is 0 Å². The highest BCUT2D eigenvalue weighted by Gasteiger charge is 2.29. The number of hydrogen-bond acceptors (Lipinski definition) is 3. The Morgan fingerprint density at radius 1 is 1.48 bits per heavy atom. The van der Waals surface area contributed by atoms with Gasteiger partial charge in [-0.1, -0.05) is 45.7 Å². The summed E-state index contributed by atoms with van der Waals surface area (Å²) >= 11 is 6.17. The molecular formula is C15H26ClN3O2. The van der Waals surface area contributed by atoms with Crippen molar-refractivity contribution in [1.29, 1.82) is 0 Å². The van der Waals surface area contributed by atoms with E-state index in [9.17, 15) is 9.90 Å². The van der Waals surface area contributed by atoms with Gasteiger partial charge >= 0.3 is 0 Å². The SMILES string of the molecule is CCC(C)C(C)(O)CNC(=O)c1c(C(C)C)nn(C)c1Cl. The predicted octanol–water partition coefficient (Wildman–Crippen LogP) is 2.72. The second-order valence-electron chi connectivity index (χ2n) is 6.18. The minimum Gasteiger partial charge on any atom is -0.388 e. The summed E-state index contributed by atoms with van der Waals surface area (Å²) in [4.78, 5) is 12.4. The highest BCUT2D eigenvalue weighted by molar-refractivity contribution is 6.33. The third-order valence-electron chi connectivity index (χ3n) is 4.06. The maximum atomic E-state index is 12.4. The standard InChI is InChI=1S/C15H26ClN3O2/c1-7-10(4)15(5,21)8-17-14(20)11-12(9(2)3)18-19(6)13(11)16/h9-10,21H,7-8H2,1-6H3,(H,17,20). The molecule has 0 bridgehead atoms. The number of nitrogens with zero attached hydrogens (tertiary/aromatic N) is 2. The number of rotatable bonds is 6. The first-order valence-electron chi connectivity index (χ1n) is 7.34. The third-order valence-corrected chi connectivity index (χ3v) is 4.49. The Hall–Kier alpha value is -1.07. The molecule has 1 aromatic heterocycles. The van der Waals surface area contributed by atoms with Crippen molar-refractivity contribution in [1.82, 2.24) is 15.1 Å². The first kappa shape index (κ1) is 18.0. The quantitative estimate of drug-likeness (QED) is 0.848. The van der Waals surface area contributed by atoms with Crippen molar-refractivity contribution in [2.75, 3.05) is 6.54 Å². The number of aryl methyl sites for hydroxylation is 1. The van der Waals surface area contributed by atoms with Gasteiger partial charge in [-0.3, -0.25) is 9.48 Å². The van der Waals surface area contributed by atoms with Crippen LogP contribution < -0.4 is 5.32 Å². The zero-order valence-electron chi connectivity index (χ0n) is 13.7. The lowest BCUT2D eigenvalue weighted by molar-refractivity contribution is 0.00591. The zero-order valence-corrected chi connectivity index (χ0v) is 14.5. The smallest absolute Gasteiger partial charge is 0.256 e. The molecule has 0 saturated heterocycles. The normalized spacial score (nSPS) is 15.9. The van der Waals surface area contributed by atoms with E-state index in [2.05, 4.69) is 10.4 Å². The highest BCUT2D eigenvalue weighted by atomic mass is 35.5. The molecule has 0 saturated carbocycles. The molecule has 0 radical (unpaired) electrons. The lowest BCUT2D eigenvalue weighted by atomic mass is 9.88. The monoisotopic (exact) mass is 315 g/mol. The van der Waals surface area contributed by atoms with Gasteiger partial charge in [0.05, 0.1) is 16.9 Å². The van der Waals surface area contributed by atoms with Crippen LogP contribution in [0.5, 0.6) is 0 Å². The van der Waals surface area contributed by atoms with Crippen molar-refractivity contribution < 1.29 is 9.90 Å². The topological polar surface area (TPSA) is 67.2 Å². The van der Waals surface area contributed by atoms with E-state index in [4.69, 9.17) is 11.6 Å². The van der Waals surface area contributed by atoms with E-state index in [0.29, 0.717) is 16.4 Å². The second-order valence-corrected chi connectivity index (χ2v) is 6.54. The first-order chi connectivity index (χ1) is 9.61. The Kier molecular flexibility index (Phi) is 5.82. The molecule has 1 amide bonds. The molecule has 1 aromatic rings. The summed E-state index contributed by atoms with van der Waals surface area (Å²) in [5, 5.41) is 17.7. The minimum atomic E-state index is -0.947. The van der Waals surface area contributed by atoms with E-state index in [1.165, 1.54) is 4.68 Å². The average Bonchev–Trinajstić information content (AvgIpc) is 2.71. The molecule has 2 unspecified atom stereocenters. The molecule has 2 atom stereocenters. The van der Waals surface area contributed by atoms with Crippen LogP contribution in [-0.4, -0.2) is 32.9 Å². The van der Waals surface area contributed by atoms with Crippen LogP contribution in [0.25, 0.3) is 0 Å². The number of nitrogens with one attached hydrogen (secondary N) is 1. The number of halogens is 1. The van der Waals surface area contributed by atoms with E-state index in [-0.39, 0.29) is 24.3 Å². The highest BCUT2D eigenvalue weighted by Crippen LogP contribution is 2.25. The Morgan fingerprint density at radius 2 is 2.05 bits per heavy atom. The molecule has 0 fully saturated rings. The molecule has 0 aliphatic rings. The molecule has 0 spiro atoms. The summed E-state index contributed by atoms with van der Waals surface area (Å²) in [6.45, 7) is 9.81. The molecule has 1 heterocycles. The van der Waals surface area contributed by atoms with E-state index in [1.54, 1.807) is 14.0 Å². The Labute approximate surface area is 131 Å². The van der Waals surface area contributed by atoms with Gasteiger partial charge in [0.15, 0.2) is 0 Å². The summed E-state index contributed by atoms with van der Waals surface area (Å²) in [7, 11) is 1.71. The van der Waals surface area contributed by atoms with Crippen LogP contribution in [-0.2, 0) is 7.05 Å². The van der Waals surface area contributed by atoms with E-state index < -0.39 is 5.60 Å². The number of carbonyl (C=O) groups excluding carboxylic acids is 1. The summed E-state index contributed by atoms with van der Waals surface area (Å²) in [6, 6.07) is 0. The second kappa shape index (κ2) is 6.79. The molecule has 6 heteroatoms. The van der Waals surface area contributed by atoms with Crippen LogP contribution in [0, 0.1) is 5.92 Å². The lowest BCUT2D eigenvalue weighted by Crippen LogP contribution is -2.45. The van der Waals surface area contributed by atoms with Gasteiger partial charge in [0, 0.05) is 13.6 Å². The van der Waals surface area contributed by atoms with Crippen LogP contribution >= 0.6 is 11.6 Å². The summed E-state index contributed by atoms with van der Waals surface area (Å²) < 4.78 is 1.50. The van der Waals surface area contributed by atoms with Gasteiger partial charge in [0.1, 0.15) is 5.15 Å². The van der Waals surface area contributed by atoms with Crippen LogP contribution in [0.2, 0.25) is 5.15 Å². The van der Waals surface area contributed by atoms with E-state index in [1.807, 2.05) is 27.7 Å². The molecule has 1 rings (SSSR count). The molecule has 21 heavy (non-hydrogen) atoms. The van der Waals surface area contributed by atoms with Gasteiger partial charge in [-0.05, 0) is 18.8 Å². The number of hydrogen-bond donors (Lipinski definition) is 2. The molecule has 0 aliphatic carbocycles. The molecular weight excluding hydrogens is 290 g/mol. The van der Waals surface area contributed by atoms with Crippen molar-refractivity contribution in [3.8, 4) is 0 Å². The maximum Gasteiger partial charge on any atom is 0.256 e. The van der Waals surface area contributed by atoms with Crippen LogP contribution in [0.1, 0.15) is 63.0 Å². The number of amides is 1. The predicted molar refractivity (Wildman–Crippen MR) is 84.7 cm³/mol. The first-order valence-corrected chi connectivity index (χ1v) is 7.72. The Bertz CT molecular complexity index is 509. The molecule has 5 nitrogen and oxygen atoms in total. The van der Waals surface area contributed by atoms with Crippen molar-refractivity contribution in [2.24, 2.45) is 13.0 Å². The number of aliphatic hydroxyl groups is 1. The van der Waals surface area contributed by atoms with Gasteiger partial charge in [-0.2, -0.15) is 5.10 Å². The summed E-state index contributed by atoms with van der Waals surface area (Å²) in [5.74, 6) is -0.105. The lowest BCUT2D eigenvalue weighted by Gasteiger charge is -2.29. The molecule has 2 N–H and O–H groups in total. The fraction of sp³-hybridized carbons (Fsp3) is 0.733. The van der Waals surface area contributed by atoms with Crippen molar-refractivity contribution in [3.05, 3.63) is 16.4 Å². The van der Waals surface area contributed by atoms with Crippen LogP contribution in [0.3, 0.4) is 0 Å². The Morgan fingerprint density at radius 3 is 2.52 bits per heavy atom. The molecule has 120 valence electrons. The van der Waals surface area contributed by atoms with Crippen molar-refractivity contribution in [2.45, 2.75) is 52.6 Å². The third kappa shape index (κ3) is 3.98. The van der Waals surface area contributed by atoms with Gasteiger partial charge in [0.25, 0.3) is 5.91 Å². The number of aromatic nitrogens is 2.